The molecule has 0 atom stereocenters. The summed E-state index contributed by atoms with van der Waals surface area (Å²) in [5.74, 6) is 0.169. The zero-order valence-electron chi connectivity index (χ0n) is 8.26. The van der Waals surface area contributed by atoms with Crippen molar-refractivity contribution in [2.45, 2.75) is 6.54 Å². The molecule has 1 heterocycles. The van der Waals surface area contributed by atoms with E-state index in [1.165, 1.54) is 12.1 Å². The van der Waals surface area contributed by atoms with Crippen LogP contribution in [0.5, 0.6) is 0 Å². The van der Waals surface area contributed by atoms with Crippen LogP contribution in [-0.4, -0.2) is 25.2 Å². The molecule has 0 aliphatic rings. The van der Waals surface area contributed by atoms with Crippen LogP contribution < -0.4 is 5.48 Å². The standard InChI is InChI=1S/C8H12N2O5/c1-13-4-5-14-9-6-7-2-3-8(15-7)10(11)12/h2-3,9H,4-6H2,1H3. The Morgan fingerprint density at radius 3 is 2.93 bits per heavy atom. The van der Waals surface area contributed by atoms with Crippen molar-refractivity contribution in [3.63, 3.8) is 0 Å². The molecule has 1 rings (SSSR count). The number of furan rings is 1. The molecular weight excluding hydrogens is 204 g/mol. The van der Waals surface area contributed by atoms with Gasteiger partial charge in [0.1, 0.15) is 10.7 Å². The first-order valence-electron chi connectivity index (χ1n) is 4.30. The molecule has 0 aliphatic carbocycles. The largest absolute Gasteiger partial charge is 0.433 e. The average Bonchev–Trinajstić information content (AvgIpc) is 2.66. The SMILES string of the molecule is COCCONCc1ccc([N+](=O)[O-])o1. The predicted molar refractivity (Wildman–Crippen MR) is 50.0 cm³/mol. The van der Waals surface area contributed by atoms with Gasteiger partial charge in [-0.05, 0) is 6.07 Å². The van der Waals surface area contributed by atoms with Crippen molar-refractivity contribution in [2.75, 3.05) is 20.3 Å². The maximum absolute atomic E-state index is 10.3. The molecule has 0 amide bonds. The molecule has 0 saturated heterocycles. The second-order valence-electron chi connectivity index (χ2n) is 2.66. The maximum Gasteiger partial charge on any atom is 0.433 e. The van der Waals surface area contributed by atoms with E-state index in [1.807, 2.05) is 0 Å². The third-order valence-electron chi connectivity index (χ3n) is 1.57. The van der Waals surface area contributed by atoms with Crippen molar-refractivity contribution in [1.82, 2.24) is 5.48 Å². The Kier molecular flexibility index (Phi) is 4.75. The van der Waals surface area contributed by atoms with Gasteiger partial charge < -0.3 is 9.15 Å². The van der Waals surface area contributed by atoms with Gasteiger partial charge in [-0.25, -0.2) is 0 Å². The number of hydroxylamine groups is 1. The molecule has 0 saturated carbocycles. The summed E-state index contributed by atoms with van der Waals surface area (Å²) < 4.78 is 9.63. The molecule has 1 aromatic rings. The number of hydrogen-bond acceptors (Lipinski definition) is 6. The van der Waals surface area contributed by atoms with Crippen LogP contribution in [0.25, 0.3) is 0 Å². The highest BCUT2D eigenvalue weighted by Gasteiger charge is 2.10. The molecule has 0 aromatic carbocycles. The summed E-state index contributed by atoms with van der Waals surface area (Å²) in [7, 11) is 1.57. The van der Waals surface area contributed by atoms with Crippen LogP contribution in [0.1, 0.15) is 5.76 Å². The quantitative estimate of drug-likeness (QED) is 0.413. The summed E-state index contributed by atoms with van der Waals surface area (Å²) in [5, 5.41) is 10.3. The number of ether oxygens (including phenoxy) is 1. The summed E-state index contributed by atoms with van der Waals surface area (Å²) in [5.41, 5.74) is 2.59. The summed E-state index contributed by atoms with van der Waals surface area (Å²) in [6.45, 7) is 1.15. The number of nitro groups is 1. The Balaban J connectivity index is 2.23. The van der Waals surface area contributed by atoms with Crippen LogP contribution in [0, 0.1) is 10.1 Å². The molecular formula is C8H12N2O5. The number of rotatable bonds is 7. The van der Waals surface area contributed by atoms with Crippen molar-refractivity contribution < 1.29 is 18.9 Å². The molecule has 7 nitrogen and oxygen atoms in total. The summed E-state index contributed by atoms with van der Waals surface area (Å²) >= 11 is 0. The van der Waals surface area contributed by atoms with Crippen molar-refractivity contribution in [2.24, 2.45) is 0 Å². The van der Waals surface area contributed by atoms with Crippen LogP contribution in [-0.2, 0) is 16.1 Å². The Morgan fingerprint density at radius 2 is 2.33 bits per heavy atom. The van der Waals surface area contributed by atoms with Gasteiger partial charge in [0.05, 0.1) is 25.8 Å². The molecule has 0 aliphatic heterocycles. The van der Waals surface area contributed by atoms with Crippen LogP contribution in [0.15, 0.2) is 16.5 Å². The zero-order chi connectivity index (χ0) is 11.1. The van der Waals surface area contributed by atoms with Gasteiger partial charge >= 0.3 is 5.88 Å². The lowest BCUT2D eigenvalue weighted by molar-refractivity contribution is -0.402. The van der Waals surface area contributed by atoms with Crippen molar-refractivity contribution in [1.29, 1.82) is 0 Å². The van der Waals surface area contributed by atoms with Crippen LogP contribution in [0.2, 0.25) is 0 Å². The number of hydrogen-bond donors (Lipinski definition) is 1. The smallest absolute Gasteiger partial charge is 0.404 e. The number of nitrogens with one attached hydrogen (secondary N) is 1. The zero-order valence-corrected chi connectivity index (χ0v) is 8.26. The Labute approximate surface area is 86.1 Å². The lowest BCUT2D eigenvalue weighted by atomic mass is 10.4. The predicted octanol–water partition coefficient (Wildman–Crippen LogP) is 0.855. The highest BCUT2D eigenvalue weighted by atomic mass is 16.7. The molecule has 15 heavy (non-hydrogen) atoms. The molecule has 0 fully saturated rings. The van der Waals surface area contributed by atoms with Crippen molar-refractivity contribution in [3.05, 3.63) is 28.0 Å². The monoisotopic (exact) mass is 216 g/mol. The second kappa shape index (κ2) is 6.12. The fraction of sp³-hybridized carbons (Fsp3) is 0.500. The molecule has 0 spiro atoms. The van der Waals surface area contributed by atoms with E-state index in [0.717, 1.165) is 0 Å². The van der Waals surface area contributed by atoms with Gasteiger partial charge in [0.25, 0.3) is 0 Å². The second-order valence-corrected chi connectivity index (χ2v) is 2.66. The average molecular weight is 216 g/mol. The Hall–Kier alpha value is -1.44. The topological polar surface area (TPSA) is 86.8 Å². The van der Waals surface area contributed by atoms with Gasteiger partial charge in [-0.2, -0.15) is 5.48 Å². The third kappa shape index (κ3) is 4.07. The molecule has 0 unspecified atom stereocenters. The summed E-state index contributed by atoms with van der Waals surface area (Å²) in [6.07, 6.45) is 0. The van der Waals surface area contributed by atoms with E-state index >= 15 is 0 Å². The van der Waals surface area contributed by atoms with E-state index in [4.69, 9.17) is 14.0 Å². The normalized spacial score (nSPS) is 10.5. The van der Waals surface area contributed by atoms with E-state index in [1.54, 1.807) is 7.11 Å². The van der Waals surface area contributed by atoms with Gasteiger partial charge in [-0.15, -0.1) is 0 Å². The Morgan fingerprint density at radius 1 is 1.53 bits per heavy atom. The summed E-state index contributed by atoms with van der Waals surface area (Å²) in [4.78, 5) is 14.6. The lowest BCUT2D eigenvalue weighted by Gasteiger charge is -2.02. The van der Waals surface area contributed by atoms with Gasteiger partial charge in [-0.1, -0.05) is 0 Å². The highest BCUT2D eigenvalue weighted by Crippen LogP contribution is 2.14. The summed E-state index contributed by atoms with van der Waals surface area (Å²) in [6, 6.07) is 2.82. The van der Waals surface area contributed by atoms with Crippen LogP contribution in [0.4, 0.5) is 5.88 Å². The van der Waals surface area contributed by atoms with Crippen LogP contribution in [0.3, 0.4) is 0 Å². The lowest BCUT2D eigenvalue weighted by Crippen LogP contribution is -2.16. The minimum absolute atomic E-state index is 0.274. The van der Waals surface area contributed by atoms with E-state index in [2.05, 4.69) is 5.48 Å². The first-order valence-corrected chi connectivity index (χ1v) is 4.30. The van der Waals surface area contributed by atoms with E-state index in [9.17, 15) is 10.1 Å². The minimum Gasteiger partial charge on any atom is -0.404 e. The highest BCUT2D eigenvalue weighted by molar-refractivity contribution is 5.17. The first-order chi connectivity index (χ1) is 7.24. The maximum atomic E-state index is 10.3. The van der Waals surface area contributed by atoms with Crippen molar-refractivity contribution in [3.8, 4) is 0 Å². The van der Waals surface area contributed by atoms with Crippen LogP contribution >= 0.6 is 0 Å². The fourth-order valence-corrected chi connectivity index (χ4v) is 0.879. The number of nitrogens with zero attached hydrogens (tertiary/aromatic N) is 1. The van der Waals surface area contributed by atoms with Crippen molar-refractivity contribution >= 4 is 5.88 Å². The van der Waals surface area contributed by atoms with Gasteiger partial charge in [0, 0.05) is 7.11 Å². The van der Waals surface area contributed by atoms with E-state index < -0.39 is 4.92 Å². The third-order valence-corrected chi connectivity index (χ3v) is 1.57. The van der Waals surface area contributed by atoms with E-state index in [-0.39, 0.29) is 12.4 Å². The van der Waals surface area contributed by atoms with E-state index in [0.29, 0.717) is 19.0 Å². The molecule has 84 valence electrons. The first kappa shape index (κ1) is 11.6. The fourth-order valence-electron chi connectivity index (χ4n) is 0.879. The molecule has 1 aromatic heterocycles. The molecule has 0 radical (unpaired) electrons. The molecule has 7 heteroatoms. The van der Waals surface area contributed by atoms with Gasteiger partial charge in [-0.3, -0.25) is 15.0 Å². The number of methoxy groups -OCH3 is 1. The minimum atomic E-state index is -0.588. The molecule has 0 bridgehead atoms. The Bertz CT molecular complexity index is 312. The van der Waals surface area contributed by atoms with Gasteiger partial charge in [0.15, 0.2) is 0 Å². The molecule has 1 N–H and O–H groups in total. The van der Waals surface area contributed by atoms with Gasteiger partial charge in [0.2, 0.25) is 0 Å².